The zero-order valence-corrected chi connectivity index (χ0v) is 19.4. The lowest BCUT2D eigenvalue weighted by Gasteiger charge is -2.25. The number of H-pyrrole nitrogens is 1. The summed E-state index contributed by atoms with van der Waals surface area (Å²) in [4.78, 5) is 15.4. The highest BCUT2D eigenvalue weighted by Gasteiger charge is 2.29. The van der Waals surface area contributed by atoms with E-state index >= 15 is 0 Å². The molecule has 0 atom stereocenters. The summed E-state index contributed by atoms with van der Waals surface area (Å²) in [6.07, 6.45) is 13.0. The van der Waals surface area contributed by atoms with Crippen molar-refractivity contribution in [2.24, 2.45) is 0 Å². The fourth-order valence-electron chi connectivity index (χ4n) is 6.57. The summed E-state index contributed by atoms with van der Waals surface area (Å²) in [5.41, 5.74) is 9.80. The quantitative estimate of drug-likeness (QED) is 0.346. The van der Waals surface area contributed by atoms with E-state index in [1.54, 1.807) is 6.07 Å². The molecule has 170 valence electrons. The van der Waals surface area contributed by atoms with Crippen molar-refractivity contribution in [3.8, 4) is 11.3 Å². The van der Waals surface area contributed by atoms with Crippen LogP contribution in [0.2, 0.25) is 0 Å². The van der Waals surface area contributed by atoms with Crippen LogP contribution in [0.15, 0.2) is 36.5 Å². The molecule has 0 radical (unpaired) electrons. The van der Waals surface area contributed by atoms with Crippen LogP contribution in [0.1, 0.15) is 84.8 Å². The standard InChI is InChI=1S/C29H32N2O2/c1-2-7-18-12-14-24-27-21(18)10-6-15-31-25-16-20(29(32)33)11-13-22(25)26(19-8-4-3-5-9-19)28(31)23(27)17-30-24/h11-14,16-17,19,30H,2-10,15H2,1H3,(H,32,33). The fraction of sp³-hybridized carbons (Fsp3) is 0.414. The first kappa shape index (κ1) is 20.6. The largest absolute Gasteiger partial charge is 0.478 e. The second-order valence-corrected chi connectivity index (χ2v) is 9.97. The summed E-state index contributed by atoms with van der Waals surface area (Å²) >= 11 is 0. The molecule has 1 aliphatic heterocycles. The number of aromatic carboxylic acids is 1. The lowest BCUT2D eigenvalue weighted by molar-refractivity contribution is 0.0697. The highest BCUT2D eigenvalue weighted by Crippen LogP contribution is 2.47. The van der Waals surface area contributed by atoms with Crippen molar-refractivity contribution in [3.05, 3.63) is 58.8 Å². The number of carboxylic acid groups (broad SMARTS) is 1. The Kier molecular flexibility index (Phi) is 5.05. The van der Waals surface area contributed by atoms with Gasteiger partial charge in [-0.2, -0.15) is 0 Å². The van der Waals surface area contributed by atoms with E-state index in [9.17, 15) is 9.90 Å². The van der Waals surface area contributed by atoms with E-state index in [-0.39, 0.29) is 0 Å². The second kappa shape index (κ2) is 8.09. The first-order chi connectivity index (χ1) is 16.2. The number of nitrogens with zero attached hydrogens (tertiary/aromatic N) is 1. The summed E-state index contributed by atoms with van der Waals surface area (Å²) in [6.45, 7) is 3.19. The maximum atomic E-state index is 11.8. The lowest BCUT2D eigenvalue weighted by atomic mass is 9.81. The summed E-state index contributed by atoms with van der Waals surface area (Å²) < 4.78 is 2.45. The highest BCUT2D eigenvalue weighted by atomic mass is 16.4. The Morgan fingerprint density at radius 3 is 2.76 bits per heavy atom. The SMILES string of the molecule is CCCc1ccc2[nH]cc3c2c1CCCn1c-3c(C2CCCCC2)c2ccc(C(=O)O)cc21. The van der Waals surface area contributed by atoms with E-state index in [0.29, 0.717) is 11.5 Å². The molecule has 0 unspecified atom stereocenters. The molecule has 4 heteroatoms. The van der Waals surface area contributed by atoms with Crippen molar-refractivity contribution in [2.75, 3.05) is 0 Å². The van der Waals surface area contributed by atoms with E-state index in [2.05, 4.69) is 40.9 Å². The van der Waals surface area contributed by atoms with Crippen LogP contribution < -0.4 is 0 Å². The molecular weight excluding hydrogens is 408 g/mol. The highest BCUT2D eigenvalue weighted by molar-refractivity contribution is 6.04. The Hall–Kier alpha value is -3.01. The number of fused-ring (bicyclic) bond motifs is 4. The lowest BCUT2D eigenvalue weighted by Crippen LogP contribution is -2.10. The summed E-state index contributed by atoms with van der Waals surface area (Å²) in [5, 5.41) is 12.3. The molecule has 4 nitrogen and oxygen atoms in total. The minimum Gasteiger partial charge on any atom is -0.478 e. The number of hydrogen-bond acceptors (Lipinski definition) is 1. The monoisotopic (exact) mass is 440 g/mol. The van der Waals surface area contributed by atoms with Crippen LogP contribution in [0.25, 0.3) is 33.1 Å². The van der Waals surface area contributed by atoms with Gasteiger partial charge in [-0.25, -0.2) is 4.79 Å². The van der Waals surface area contributed by atoms with Crippen molar-refractivity contribution < 1.29 is 9.90 Å². The van der Waals surface area contributed by atoms with Crippen molar-refractivity contribution in [3.63, 3.8) is 0 Å². The minimum atomic E-state index is -0.851. The molecule has 2 aromatic heterocycles. The summed E-state index contributed by atoms with van der Waals surface area (Å²) in [5.74, 6) is -0.309. The maximum Gasteiger partial charge on any atom is 0.335 e. The molecule has 0 amide bonds. The number of aromatic nitrogens is 2. The van der Waals surface area contributed by atoms with Gasteiger partial charge < -0.3 is 14.7 Å². The molecule has 33 heavy (non-hydrogen) atoms. The van der Waals surface area contributed by atoms with Crippen molar-refractivity contribution in [2.45, 2.75) is 77.2 Å². The van der Waals surface area contributed by atoms with Gasteiger partial charge in [-0.15, -0.1) is 0 Å². The number of nitrogens with one attached hydrogen (secondary N) is 1. The average molecular weight is 441 g/mol. The van der Waals surface area contributed by atoms with Crippen LogP contribution in [-0.2, 0) is 19.4 Å². The zero-order chi connectivity index (χ0) is 22.5. The van der Waals surface area contributed by atoms with Gasteiger partial charge in [-0.1, -0.05) is 44.7 Å². The Bertz CT molecular complexity index is 1370. The van der Waals surface area contributed by atoms with Gasteiger partial charge >= 0.3 is 5.97 Å². The molecule has 1 saturated carbocycles. The summed E-state index contributed by atoms with van der Waals surface area (Å²) in [6, 6.07) is 10.4. The van der Waals surface area contributed by atoms with Crippen LogP contribution in [0.5, 0.6) is 0 Å². The third-order valence-corrected chi connectivity index (χ3v) is 8.00. The normalized spacial score (nSPS) is 16.6. The number of rotatable bonds is 4. The number of hydrogen-bond donors (Lipinski definition) is 2. The number of aromatic amines is 1. The molecule has 1 aliphatic carbocycles. The maximum absolute atomic E-state index is 11.8. The molecule has 0 saturated heterocycles. The molecule has 4 aromatic rings. The average Bonchev–Trinajstić information content (AvgIpc) is 3.37. The van der Waals surface area contributed by atoms with E-state index < -0.39 is 5.97 Å². The molecule has 2 aliphatic rings. The molecule has 0 bridgehead atoms. The van der Waals surface area contributed by atoms with Crippen LogP contribution in [0.4, 0.5) is 0 Å². The zero-order valence-electron chi connectivity index (χ0n) is 19.4. The third kappa shape index (κ3) is 3.22. The molecule has 0 spiro atoms. The van der Waals surface area contributed by atoms with Gasteiger partial charge in [0.1, 0.15) is 0 Å². The minimum absolute atomic E-state index is 0.380. The molecule has 1 fully saturated rings. The molecular formula is C29H32N2O2. The Balaban J connectivity index is 1.70. The van der Waals surface area contributed by atoms with Gasteiger partial charge in [0, 0.05) is 40.1 Å². The van der Waals surface area contributed by atoms with Crippen molar-refractivity contribution in [1.82, 2.24) is 9.55 Å². The molecule has 2 N–H and O–H groups in total. The Morgan fingerprint density at radius 2 is 1.97 bits per heavy atom. The van der Waals surface area contributed by atoms with E-state index in [1.807, 2.05) is 6.07 Å². The predicted octanol–water partition coefficient (Wildman–Crippen LogP) is 7.43. The van der Waals surface area contributed by atoms with Gasteiger partial charge in [0.15, 0.2) is 0 Å². The Labute approximate surface area is 194 Å². The van der Waals surface area contributed by atoms with Crippen LogP contribution in [0, 0.1) is 0 Å². The van der Waals surface area contributed by atoms with E-state index in [1.165, 1.54) is 76.3 Å². The predicted molar refractivity (Wildman–Crippen MR) is 134 cm³/mol. The van der Waals surface area contributed by atoms with Gasteiger partial charge in [0.2, 0.25) is 0 Å². The fourth-order valence-corrected chi connectivity index (χ4v) is 6.57. The number of aryl methyl sites for hydroxylation is 3. The van der Waals surface area contributed by atoms with E-state index in [0.717, 1.165) is 37.7 Å². The first-order valence-corrected chi connectivity index (χ1v) is 12.7. The smallest absolute Gasteiger partial charge is 0.335 e. The van der Waals surface area contributed by atoms with Gasteiger partial charge in [-0.05, 0) is 72.9 Å². The van der Waals surface area contributed by atoms with Crippen molar-refractivity contribution in [1.29, 1.82) is 0 Å². The molecule has 3 heterocycles. The van der Waals surface area contributed by atoms with Crippen LogP contribution in [0.3, 0.4) is 0 Å². The number of benzene rings is 2. The van der Waals surface area contributed by atoms with Crippen molar-refractivity contribution >= 4 is 27.8 Å². The van der Waals surface area contributed by atoms with Crippen LogP contribution >= 0.6 is 0 Å². The van der Waals surface area contributed by atoms with Gasteiger partial charge in [0.25, 0.3) is 0 Å². The Morgan fingerprint density at radius 1 is 1.12 bits per heavy atom. The van der Waals surface area contributed by atoms with Crippen LogP contribution in [-0.4, -0.2) is 20.6 Å². The third-order valence-electron chi connectivity index (χ3n) is 8.00. The topological polar surface area (TPSA) is 58.0 Å². The first-order valence-electron chi connectivity index (χ1n) is 12.7. The number of carboxylic acids is 1. The molecule has 6 rings (SSSR count). The van der Waals surface area contributed by atoms with Gasteiger partial charge in [-0.3, -0.25) is 0 Å². The molecule has 2 aromatic carbocycles. The second-order valence-electron chi connectivity index (χ2n) is 9.97. The summed E-state index contributed by atoms with van der Waals surface area (Å²) in [7, 11) is 0. The van der Waals surface area contributed by atoms with E-state index in [4.69, 9.17) is 0 Å². The van der Waals surface area contributed by atoms with Gasteiger partial charge in [0.05, 0.1) is 11.3 Å². The number of carbonyl (C=O) groups is 1.